The highest BCUT2D eigenvalue weighted by molar-refractivity contribution is 5.94. The van der Waals surface area contributed by atoms with E-state index in [1.165, 1.54) is 24.5 Å². The van der Waals surface area contributed by atoms with Crippen molar-refractivity contribution in [2.24, 2.45) is 0 Å². The van der Waals surface area contributed by atoms with Gasteiger partial charge in [-0.15, -0.1) is 0 Å². The molecule has 0 spiro atoms. The summed E-state index contributed by atoms with van der Waals surface area (Å²) in [6, 6.07) is 9.22. The summed E-state index contributed by atoms with van der Waals surface area (Å²) in [7, 11) is 0. The molecule has 1 amide bonds. The summed E-state index contributed by atoms with van der Waals surface area (Å²) in [5, 5.41) is 2.70. The molecule has 0 radical (unpaired) electrons. The van der Waals surface area contributed by atoms with E-state index in [-0.39, 0.29) is 30.8 Å². The smallest absolute Gasteiger partial charge is 0.316 e. The Labute approximate surface area is 145 Å². The molecule has 1 heterocycles. The summed E-state index contributed by atoms with van der Waals surface area (Å²) in [5.41, 5.74) is 0.608. The van der Waals surface area contributed by atoms with E-state index in [9.17, 15) is 14.0 Å². The van der Waals surface area contributed by atoms with Gasteiger partial charge in [0.2, 0.25) is 0 Å². The average Bonchev–Trinajstić information content (AvgIpc) is 2.60. The summed E-state index contributed by atoms with van der Waals surface area (Å²) >= 11 is 0. The summed E-state index contributed by atoms with van der Waals surface area (Å²) in [5.74, 6) is -0.885. The Morgan fingerprint density at radius 1 is 1.12 bits per heavy atom. The van der Waals surface area contributed by atoms with Crippen LogP contribution in [0.5, 0.6) is 0 Å². The van der Waals surface area contributed by atoms with E-state index < -0.39 is 5.41 Å². The highest BCUT2D eigenvalue weighted by Gasteiger charge is 2.47. The van der Waals surface area contributed by atoms with Crippen molar-refractivity contribution in [3.63, 3.8) is 0 Å². The van der Waals surface area contributed by atoms with Crippen molar-refractivity contribution in [2.75, 3.05) is 13.2 Å². The van der Waals surface area contributed by atoms with E-state index >= 15 is 0 Å². The Bertz CT molecular complexity index is 743. The van der Waals surface area contributed by atoms with Crippen molar-refractivity contribution in [3.05, 3.63) is 65.7 Å². The second kappa shape index (κ2) is 7.42. The van der Waals surface area contributed by atoms with Crippen LogP contribution >= 0.6 is 0 Å². The van der Waals surface area contributed by atoms with Gasteiger partial charge in [-0.25, -0.2) is 4.39 Å². The number of esters is 1. The van der Waals surface area contributed by atoms with Crippen molar-refractivity contribution >= 4 is 11.9 Å². The van der Waals surface area contributed by atoms with Crippen LogP contribution in [0.15, 0.2) is 48.8 Å². The standard InChI is InChI=1S/C19H19FN2O3/c20-16-4-2-15(3-5-16)19(8-1-9-19)18(24)25-13-12-22-17(23)14-6-10-21-11-7-14/h2-7,10-11H,1,8-9,12-13H2,(H,22,23). The minimum absolute atomic E-state index is 0.0958. The highest BCUT2D eigenvalue weighted by atomic mass is 19.1. The van der Waals surface area contributed by atoms with Crippen LogP contribution in [0.3, 0.4) is 0 Å². The van der Waals surface area contributed by atoms with Crippen molar-refractivity contribution in [1.29, 1.82) is 0 Å². The average molecular weight is 342 g/mol. The first-order valence-corrected chi connectivity index (χ1v) is 8.23. The van der Waals surface area contributed by atoms with Gasteiger partial charge in [0.05, 0.1) is 12.0 Å². The number of amides is 1. The lowest BCUT2D eigenvalue weighted by molar-refractivity contribution is -0.154. The molecule has 1 aromatic heterocycles. The first-order chi connectivity index (χ1) is 12.1. The number of aromatic nitrogens is 1. The third-order valence-electron chi connectivity index (χ3n) is 4.56. The normalized spacial score (nSPS) is 15.1. The number of hydrogen-bond acceptors (Lipinski definition) is 4. The van der Waals surface area contributed by atoms with Crippen LogP contribution in [0.2, 0.25) is 0 Å². The number of ether oxygens (including phenoxy) is 1. The van der Waals surface area contributed by atoms with Gasteiger partial charge in [-0.2, -0.15) is 0 Å². The van der Waals surface area contributed by atoms with Gasteiger partial charge in [0.1, 0.15) is 12.4 Å². The number of benzene rings is 1. The number of nitrogens with zero attached hydrogens (tertiary/aromatic N) is 1. The topological polar surface area (TPSA) is 68.3 Å². The lowest BCUT2D eigenvalue weighted by atomic mass is 9.64. The zero-order valence-corrected chi connectivity index (χ0v) is 13.7. The predicted molar refractivity (Wildman–Crippen MR) is 89.5 cm³/mol. The van der Waals surface area contributed by atoms with Crippen LogP contribution in [0.4, 0.5) is 4.39 Å². The number of hydrogen-bond donors (Lipinski definition) is 1. The summed E-state index contributed by atoms with van der Waals surface area (Å²) < 4.78 is 18.5. The lowest BCUT2D eigenvalue weighted by Crippen LogP contribution is -2.44. The molecule has 3 rings (SSSR count). The molecule has 1 fully saturated rings. The maximum Gasteiger partial charge on any atom is 0.316 e. The van der Waals surface area contributed by atoms with Gasteiger partial charge in [-0.3, -0.25) is 14.6 Å². The van der Waals surface area contributed by atoms with E-state index in [2.05, 4.69) is 10.3 Å². The zero-order valence-electron chi connectivity index (χ0n) is 13.7. The summed E-state index contributed by atoms with van der Waals surface area (Å²) in [6.45, 7) is 0.324. The fourth-order valence-corrected chi connectivity index (χ4v) is 2.96. The van der Waals surface area contributed by atoms with Crippen LogP contribution in [0.1, 0.15) is 35.2 Å². The Morgan fingerprint density at radius 3 is 2.40 bits per heavy atom. The lowest BCUT2D eigenvalue weighted by Gasteiger charge is -2.39. The number of pyridine rings is 1. The quantitative estimate of drug-likeness (QED) is 0.647. The Morgan fingerprint density at radius 2 is 1.80 bits per heavy atom. The third kappa shape index (κ3) is 3.68. The molecule has 25 heavy (non-hydrogen) atoms. The molecule has 1 aliphatic rings. The van der Waals surface area contributed by atoms with E-state index in [0.29, 0.717) is 18.4 Å². The molecule has 2 aromatic rings. The maximum atomic E-state index is 13.1. The number of halogens is 1. The molecule has 130 valence electrons. The largest absolute Gasteiger partial charge is 0.463 e. The monoisotopic (exact) mass is 342 g/mol. The molecular formula is C19H19FN2O3. The fourth-order valence-electron chi connectivity index (χ4n) is 2.96. The van der Waals surface area contributed by atoms with E-state index in [1.807, 2.05) is 0 Å². The number of carbonyl (C=O) groups is 2. The number of nitrogens with one attached hydrogen (secondary N) is 1. The van der Waals surface area contributed by atoms with Crippen LogP contribution < -0.4 is 5.32 Å². The van der Waals surface area contributed by atoms with Gasteiger partial charge in [0.15, 0.2) is 0 Å². The molecule has 0 saturated heterocycles. The van der Waals surface area contributed by atoms with E-state index in [0.717, 1.165) is 12.0 Å². The minimum atomic E-state index is -0.678. The molecule has 0 aliphatic heterocycles. The van der Waals surface area contributed by atoms with Crippen molar-refractivity contribution in [1.82, 2.24) is 10.3 Å². The van der Waals surface area contributed by atoms with Crippen molar-refractivity contribution in [2.45, 2.75) is 24.7 Å². The highest BCUT2D eigenvalue weighted by Crippen LogP contribution is 2.44. The first kappa shape index (κ1) is 17.1. The number of rotatable bonds is 6. The SMILES string of the molecule is O=C(NCCOC(=O)C1(c2ccc(F)cc2)CCC1)c1ccncc1. The predicted octanol–water partition coefficient (Wildman–Crippen LogP) is 2.62. The Hall–Kier alpha value is -2.76. The Balaban J connectivity index is 1.51. The van der Waals surface area contributed by atoms with E-state index in [1.54, 1.807) is 24.3 Å². The first-order valence-electron chi connectivity index (χ1n) is 8.23. The molecule has 6 heteroatoms. The van der Waals surface area contributed by atoms with Crippen molar-refractivity contribution < 1.29 is 18.7 Å². The van der Waals surface area contributed by atoms with Gasteiger partial charge < -0.3 is 10.1 Å². The minimum Gasteiger partial charge on any atom is -0.463 e. The van der Waals surface area contributed by atoms with Crippen LogP contribution in [0, 0.1) is 5.82 Å². The van der Waals surface area contributed by atoms with Crippen LogP contribution in [0.25, 0.3) is 0 Å². The molecule has 0 bridgehead atoms. The molecule has 1 aliphatic carbocycles. The van der Waals surface area contributed by atoms with Gasteiger partial charge in [0.25, 0.3) is 5.91 Å². The molecule has 1 aromatic carbocycles. The third-order valence-corrected chi connectivity index (χ3v) is 4.56. The zero-order chi connectivity index (χ0) is 17.7. The van der Waals surface area contributed by atoms with E-state index in [4.69, 9.17) is 4.74 Å². The van der Waals surface area contributed by atoms with Crippen LogP contribution in [-0.2, 0) is 14.9 Å². The van der Waals surface area contributed by atoms with Gasteiger partial charge in [-0.1, -0.05) is 18.6 Å². The van der Waals surface area contributed by atoms with Gasteiger partial charge in [0, 0.05) is 18.0 Å². The van der Waals surface area contributed by atoms with Gasteiger partial charge in [-0.05, 0) is 42.7 Å². The molecule has 1 saturated carbocycles. The second-order valence-corrected chi connectivity index (χ2v) is 6.07. The molecule has 1 N–H and O–H groups in total. The van der Waals surface area contributed by atoms with Crippen LogP contribution in [-0.4, -0.2) is 30.0 Å². The Kier molecular flexibility index (Phi) is 5.07. The second-order valence-electron chi connectivity index (χ2n) is 6.07. The summed E-state index contributed by atoms with van der Waals surface area (Å²) in [6.07, 6.45) is 5.41. The van der Waals surface area contributed by atoms with Gasteiger partial charge >= 0.3 is 5.97 Å². The molecule has 5 nitrogen and oxygen atoms in total. The molecular weight excluding hydrogens is 323 g/mol. The number of carbonyl (C=O) groups excluding carboxylic acids is 2. The fraction of sp³-hybridized carbons (Fsp3) is 0.316. The molecule has 0 unspecified atom stereocenters. The molecule has 0 atom stereocenters. The maximum absolute atomic E-state index is 13.1. The van der Waals surface area contributed by atoms with Crippen molar-refractivity contribution in [3.8, 4) is 0 Å². The summed E-state index contributed by atoms with van der Waals surface area (Å²) in [4.78, 5) is 28.3.